The van der Waals surface area contributed by atoms with Crippen molar-refractivity contribution in [2.45, 2.75) is 26.8 Å². The number of anilines is 2. The maximum absolute atomic E-state index is 4.57. The lowest BCUT2D eigenvalue weighted by molar-refractivity contribution is 0.789. The quantitative estimate of drug-likeness (QED) is 0.496. The van der Waals surface area contributed by atoms with Crippen molar-refractivity contribution < 1.29 is 0 Å². The van der Waals surface area contributed by atoms with Gasteiger partial charge in [-0.05, 0) is 69.3 Å². The first kappa shape index (κ1) is 16.5. The molecule has 0 saturated heterocycles. The maximum Gasteiger partial charge on any atom is 0.0631 e. The SMILES string of the molecule is Cc1ccc(C=Nc2ccc(N(c3ccccc3)C(C)C)cc2)s1. The Morgan fingerprint density at radius 3 is 2.12 bits per heavy atom. The molecular formula is C21H22N2S. The van der Waals surface area contributed by atoms with Crippen LogP contribution in [0.2, 0.25) is 0 Å². The summed E-state index contributed by atoms with van der Waals surface area (Å²) in [6.45, 7) is 6.53. The molecular weight excluding hydrogens is 312 g/mol. The molecule has 0 aliphatic heterocycles. The van der Waals surface area contributed by atoms with Crippen LogP contribution in [0.25, 0.3) is 0 Å². The lowest BCUT2D eigenvalue weighted by atomic mass is 10.2. The second kappa shape index (κ2) is 7.45. The zero-order valence-corrected chi connectivity index (χ0v) is 15.1. The van der Waals surface area contributed by atoms with Gasteiger partial charge in [-0.15, -0.1) is 11.3 Å². The number of thiophene rings is 1. The molecule has 0 spiro atoms. The smallest absolute Gasteiger partial charge is 0.0631 e. The molecule has 24 heavy (non-hydrogen) atoms. The Morgan fingerprint density at radius 2 is 1.54 bits per heavy atom. The molecule has 2 aromatic carbocycles. The minimum atomic E-state index is 0.385. The fraction of sp³-hybridized carbons (Fsp3) is 0.190. The van der Waals surface area contributed by atoms with Gasteiger partial charge in [0, 0.05) is 33.4 Å². The minimum Gasteiger partial charge on any atom is -0.339 e. The van der Waals surface area contributed by atoms with Gasteiger partial charge in [0.15, 0.2) is 0 Å². The van der Waals surface area contributed by atoms with Crippen molar-refractivity contribution in [2.24, 2.45) is 4.99 Å². The van der Waals surface area contributed by atoms with Crippen molar-refractivity contribution in [1.82, 2.24) is 0 Å². The monoisotopic (exact) mass is 334 g/mol. The van der Waals surface area contributed by atoms with Crippen LogP contribution in [0.5, 0.6) is 0 Å². The van der Waals surface area contributed by atoms with Gasteiger partial charge < -0.3 is 4.90 Å². The topological polar surface area (TPSA) is 15.6 Å². The van der Waals surface area contributed by atoms with Gasteiger partial charge in [0.25, 0.3) is 0 Å². The Bertz CT molecular complexity index is 801. The van der Waals surface area contributed by atoms with E-state index < -0.39 is 0 Å². The number of hydrogen-bond donors (Lipinski definition) is 0. The summed E-state index contributed by atoms with van der Waals surface area (Å²) in [5, 5.41) is 0. The fourth-order valence-electron chi connectivity index (χ4n) is 2.69. The van der Waals surface area contributed by atoms with E-state index in [2.05, 4.69) is 91.3 Å². The Kier molecular flexibility index (Phi) is 5.11. The van der Waals surface area contributed by atoms with Gasteiger partial charge in [-0.2, -0.15) is 0 Å². The second-order valence-corrected chi connectivity index (χ2v) is 7.34. The van der Waals surface area contributed by atoms with Gasteiger partial charge in [-0.25, -0.2) is 0 Å². The summed E-state index contributed by atoms with van der Waals surface area (Å²) >= 11 is 1.76. The third-order valence-electron chi connectivity index (χ3n) is 3.78. The minimum absolute atomic E-state index is 0.385. The van der Waals surface area contributed by atoms with Crippen molar-refractivity contribution in [2.75, 3.05) is 4.90 Å². The average molecular weight is 334 g/mol. The van der Waals surface area contributed by atoms with Gasteiger partial charge in [0.1, 0.15) is 0 Å². The van der Waals surface area contributed by atoms with Gasteiger partial charge in [0.05, 0.1) is 5.69 Å². The molecule has 0 N–H and O–H groups in total. The lowest BCUT2D eigenvalue weighted by Crippen LogP contribution is -2.25. The van der Waals surface area contributed by atoms with Crippen molar-refractivity contribution in [1.29, 1.82) is 0 Å². The summed E-state index contributed by atoms with van der Waals surface area (Å²) in [6.07, 6.45) is 1.93. The average Bonchev–Trinajstić information content (AvgIpc) is 3.00. The van der Waals surface area contributed by atoms with E-state index >= 15 is 0 Å². The first-order valence-electron chi connectivity index (χ1n) is 8.18. The second-order valence-electron chi connectivity index (χ2n) is 6.02. The molecule has 2 nitrogen and oxygen atoms in total. The number of para-hydroxylation sites is 1. The highest BCUT2D eigenvalue weighted by molar-refractivity contribution is 7.13. The van der Waals surface area contributed by atoms with Crippen LogP contribution in [0.1, 0.15) is 23.6 Å². The van der Waals surface area contributed by atoms with Crippen LogP contribution in [0.4, 0.5) is 17.1 Å². The summed E-state index contributed by atoms with van der Waals surface area (Å²) in [6, 6.07) is 23.5. The molecule has 3 heteroatoms. The maximum atomic E-state index is 4.57. The zero-order chi connectivity index (χ0) is 16.9. The standard InChI is InChI=1S/C21H22N2S/c1-16(2)23(19-7-5-4-6-8-19)20-12-10-18(11-13-20)22-15-21-14-9-17(3)24-21/h4-16H,1-3H3. The number of rotatable bonds is 5. The molecule has 0 bridgehead atoms. The molecule has 1 heterocycles. The van der Waals surface area contributed by atoms with E-state index in [-0.39, 0.29) is 0 Å². The van der Waals surface area contributed by atoms with E-state index in [1.165, 1.54) is 21.1 Å². The molecule has 0 amide bonds. The molecule has 1 aromatic heterocycles. The molecule has 0 aliphatic carbocycles. The van der Waals surface area contributed by atoms with Crippen LogP contribution >= 0.6 is 11.3 Å². The number of aryl methyl sites for hydroxylation is 1. The molecule has 0 saturated carbocycles. The van der Waals surface area contributed by atoms with Gasteiger partial charge in [0.2, 0.25) is 0 Å². The summed E-state index contributed by atoms with van der Waals surface area (Å²) in [4.78, 5) is 9.40. The van der Waals surface area contributed by atoms with Crippen LogP contribution < -0.4 is 4.90 Å². The molecule has 0 fully saturated rings. The summed E-state index contributed by atoms with van der Waals surface area (Å²) in [5.74, 6) is 0. The Morgan fingerprint density at radius 1 is 0.875 bits per heavy atom. The molecule has 122 valence electrons. The highest BCUT2D eigenvalue weighted by Gasteiger charge is 2.12. The largest absolute Gasteiger partial charge is 0.339 e. The normalized spacial score (nSPS) is 11.3. The summed E-state index contributed by atoms with van der Waals surface area (Å²) in [5.41, 5.74) is 3.36. The Hall–Kier alpha value is -2.39. The molecule has 3 rings (SSSR count). The predicted octanol–water partition coefficient (Wildman–Crippen LogP) is 6.35. The van der Waals surface area contributed by atoms with E-state index in [1.54, 1.807) is 11.3 Å². The highest BCUT2D eigenvalue weighted by atomic mass is 32.1. The van der Waals surface area contributed by atoms with Gasteiger partial charge in [-0.3, -0.25) is 4.99 Å². The lowest BCUT2D eigenvalue weighted by Gasteiger charge is -2.29. The number of hydrogen-bond acceptors (Lipinski definition) is 3. The fourth-order valence-corrected chi connectivity index (χ4v) is 3.44. The van der Waals surface area contributed by atoms with Gasteiger partial charge >= 0.3 is 0 Å². The molecule has 0 aliphatic rings. The van der Waals surface area contributed by atoms with Crippen molar-refractivity contribution in [3.05, 3.63) is 76.5 Å². The predicted molar refractivity (Wildman–Crippen MR) is 106 cm³/mol. The van der Waals surface area contributed by atoms with Gasteiger partial charge in [-0.1, -0.05) is 18.2 Å². The van der Waals surface area contributed by atoms with Crippen LogP contribution in [0.3, 0.4) is 0 Å². The zero-order valence-electron chi connectivity index (χ0n) is 14.3. The van der Waals surface area contributed by atoms with E-state index in [0.717, 1.165) is 5.69 Å². The van der Waals surface area contributed by atoms with Crippen molar-refractivity contribution in [3.8, 4) is 0 Å². The molecule has 0 atom stereocenters. The van der Waals surface area contributed by atoms with Crippen molar-refractivity contribution in [3.63, 3.8) is 0 Å². The van der Waals surface area contributed by atoms with Crippen LogP contribution in [0.15, 0.2) is 71.7 Å². The molecule has 0 unspecified atom stereocenters. The summed E-state index contributed by atoms with van der Waals surface area (Å²) < 4.78 is 0. The van der Waals surface area contributed by atoms with Crippen LogP contribution in [-0.2, 0) is 0 Å². The number of benzene rings is 2. The first-order valence-corrected chi connectivity index (χ1v) is 9.00. The molecule has 3 aromatic rings. The third kappa shape index (κ3) is 3.92. The number of nitrogens with zero attached hydrogens (tertiary/aromatic N) is 2. The van der Waals surface area contributed by atoms with Crippen LogP contribution in [-0.4, -0.2) is 12.3 Å². The number of aliphatic imine (C=N–C) groups is 1. The highest BCUT2D eigenvalue weighted by Crippen LogP contribution is 2.29. The summed E-state index contributed by atoms with van der Waals surface area (Å²) in [7, 11) is 0. The molecule has 0 radical (unpaired) electrons. The first-order chi connectivity index (χ1) is 11.6. The van der Waals surface area contributed by atoms with E-state index in [4.69, 9.17) is 0 Å². The Balaban J connectivity index is 1.81. The van der Waals surface area contributed by atoms with E-state index in [1.807, 2.05) is 12.3 Å². The Labute approximate surface area is 148 Å². The third-order valence-corrected chi connectivity index (χ3v) is 4.72. The van der Waals surface area contributed by atoms with E-state index in [0.29, 0.717) is 6.04 Å². The van der Waals surface area contributed by atoms with Crippen molar-refractivity contribution >= 4 is 34.6 Å². The van der Waals surface area contributed by atoms with Crippen LogP contribution in [0, 0.1) is 6.92 Å². The van der Waals surface area contributed by atoms with E-state index in [9.17, 15) is 0 Å².